The summed E-state index contributed by atoms with van der Waals surface area (Å²) in [5.41, 5.74) is 1.14. The van der Waals surface area contributed by atoms with Crippen molar-refractivity contribution in [2.24, 2.45) is 5.92 Å². The van der Waals surface area contributed by atoms with E-state index in [0.717, 1.165) is 30.7 Å². The summed E-state index contributed by atoms with van der Waals surface area (Å²) in [7, 11) is 0. The number of aromatic amines is 1. The Morgan fingerprint density at radius 1 is 1.50 bits per heavy atom. The molecule has 2 aliphatic carbocycles. The second-order valence-corrected chi connectivity index (χ2v) is 6.39. The SMILES string of the molecule is O=C(NCc1n[nH]c(=S)n1C1CC1)C1CC1c1cccnc1. The summed E-state index contributed by atoms with van der Waals surface area (Å²) in [5.74, 6) is 1.27. The van der Waals surface area contributed by atoms with E-state index in [-0.39, 0.29) is 11.8 Å². The Morgan fingerprint density at radius 3 is 3.09 bits per heavy atom. The van der Waals surface area contributed by atoms with Crippen LogP contribution in [0.4, 0.5) is 0 Å². The van der Waals surface area contributed by atoms with E-state index in [1.165, 1.54) is 0 Å². The van der Waals surface area contributed by atoms with Crippen LogP contribution in [0.15, 0.2) is 24.5 Å². The van der Waals surface area contributed by atoms with Gasteiger partial charge in [0.2, 0.25) is 5.91 Å². The smallest absolute Gasteiger partial charge is 0.224 e. The molecule has 2 saturated carbocycles. The Morgan fingerprint density at radius 2 is 2.36 bits per heavy atom. The van der Waals surface area contributed by atoms with Crippen molar-refractivity contribution in [3.05, 3.63) is 40.7 Å². The van der Waals surface area contributed by atoms with Gasteiger partial charge in [0.25, 0.3) is 0 Å². The molecule has 0 bridgehead atoms. The second kappa shape index (κ2) is 5.31. The molecule has 22 heavy (non-hydrogen) atoms. The zero-order chi connectivity index (χ0) is 15.1. The first-order valence-electron chi connectivity index (χ1n) is 7.57. The first-order chi connectivity index (χ1) is 10.7. The van der Waals surface area contributed by atoms with Crippen molar-refractivity contribution < 1.29 is 4.79 Å². The van der Waals surface area contributed by atoms with Crippen LogP contribution in [0.25, 0.3) is 0 Å². The van der Waals surface area contributed by atoms with Crippen LogP contribution in [0.2, 0.25) is 0 Å². The van der Waals surface area contributed by atoms with E-state index in [2.05, 4.69) is 20.5 Å². The van der Waals surface area contributed by atoms with Gasteiger partial charge in [-0.05, 0) is 49.0 Å². The number of nitrogens with zero attached hydrogens (tertiary/aromatic N) is 3. The number of H-pyrrole nitrogens is 1. The molecule has 114 valence electrons. The lowest BCUT2D eigenvalue weighted by Crippen LogP contribution is -2.26. The van der Waals surface area contributed by atoms with E-state index >= 15 is 0 Å². The zero-order valence-corrected chi connectivity index (χ0v) is 12.8. The van der Waals surface area contributed by atoms with E-state index < -0.39 is 0 Å². The summed E-state index contributed by atoms with van der Waals surface area (Å²) < 4.78 is 2.67. The van der Waals surface area contributed by atoms with Crippen LogP contribution >= 0.6 is 12.2 Å². The number of hydrogen-bond acceptors (Lipinski definition) is 4. The maximum atomic E-state index is 12.3. The van der Waals surface area contributed by atoms with Crippen molar-refractivity contribution in [3.8, 4) is 0 Å². The number of carbonyl (C=O) groups excluding carboxylic acids is 1. The van der Waals surface area contributed by atoms with Crippen LogP contribution in [0, 0.1) is 10.7 Å². The number of pyridine rings is 1. The van der Waals surface area contributed by atoms with Gasteiger partial charge in [0, 0.05) is 24.4 Å². The standard InChI is InChI=1S/C15H17N5OS/c21-14(12-6-11(12)9-2-1-5-16-7-9)17-8-13-18-19-15(22)20(13)10-3-4-10/h1-2,5,7,10-12H,3-4,6,8H2,(H,17,21)(H,19,22). The Bertz CT molecular complexity index is 749. The highest BCUT2D eigenvalue weighted by molar-refractivity contribution is 7.71. The molecule has 4 rings (SSSR count). The summed E-state index contributed by atoms with van der Waals surface area (Å²) in [6, 6.07) is 4.40. The molecule has 0 aliphatic heterocycles. The molecule has 7 heteroatoms. The predicted octanol–water partition coefficient (Wildman–Crippen LogP) is 2.09. The third kappa shape index (κ3) is 2.56. The van der Waals surface area contributed by atoms with Gasteiger partial charge in [-0.3, -0.25) is 19.4 Å². The summed E-state index contributed by atoms with van der Waals surface area (Å²) in [6.07, 6.45) is 6.77. The highest BCUT2D eigenvalue weighted by Crippen LogP contribution is 2.47. The first-order valence-corrected chi connectivity index (χ1v) is 7.98. The van der Waals surface area contributed by atoms with Gasteiger partial charge >= 0.3 is 0 Å². The molecule has 0 saturated heterocycles. The molecule has 2 atom stereocenters. The molecule has 2 aromatic rings. The minimum atomic E-state index is 0.0560. The van der Waals surface area contributed by atoms with Gasteiger partial charge in [0.1, 0.15) is 0 Å². The zero-order valence-electron chi connectivity index (χ0n) is 12.0. The van der Waals surface area contributed by atoms with Gasteiger partial charge < -0.3 is 5.32 Å². The monoisotopic (exact) mass is 315 g/mol. The lowest BCUT2D eigenvalue weighted by molar-refractivity contribution is -0.122. The highest BCUT2D eigenvalue weighted by Gasteiger charge is 2.44. The summed E-state index contributed by atoms with van der Waals surface area (Å²) in [5, 5.41) is 10.0. The number of aromatic nitrogens is 4. The fourth-order valence-corrected chi connectivity index (χ4v) is 3.22. The Labute approximate surface area is 133 Å². The number of nitrogens with one attached hydrogen (secondary N) is 2. The van der Waals surface area contributed by atoms with Gasteiger partial charge in [-0.2, -0.15) is 5.10 Å². The molecule has 0 spiro atoms. The summed E-state index contributed by atoms with van der Waals surface area (Å²) in [4.78, 5) is 16.4. The quantitative estimate of drug-likeness (QED) is 0.829. The van der Waals surface area contributed by atoms with Crippen molar-refractivity contribution >= 4 is 18.1 Å². The molecule has 2 N–H and O–H groups in total. The van der Waals surface area contributed by atoms with Crippen LogP contribution in [-0.2, 0) is 11.3 Å². The maximum Gasteiger partial charge on any atom is 0.224 e. The van der Waals surface area contributed by atoms with E-state index in [0.29, 0.717) is 23.3 Å². The number of amides is 1. The van der Waals surface area contributed by atoms with Crippen LogP contribution in [-0.4, -0.2) is 25.7 Å². The first kappa shape index (κ1) is 13.6. The molecule has 2 aliphatic rings. The summed E-state index contributed by atoms with van der Waals surface area (Å²) >= 11 is 5.24. The number of rotatable bonds is 5. The molecule has 1 amide bonds. The highest BCUT2D eigenvalue weighted by atomic mass is 32.1. The van der Waals surface area contributed by atoms with E-state index in [1.54, 1.807) is 6.20 Å². The van der Waals surface area contributed by atoms with E-state index in [9.17, 15) is 4.79 Å². The molecule has 6 nitrogen and oxygen atoms in total. The van der Waals surface area contributed by atoms with Crippen molar-refractivity contribution in [3.63, 3.8) is 0 Å². The average Bonchev–Trinajstić information content (AvgIpc) is 3.44. The molecule has 2 aromatic heterocycles. The lowest BCUT2D eigenvalue weighted by atomic mass is 10.1. The lowest BCUT2D eigenvalue weighted by Gasteiger charge is -2.07. The molecular weight excluding hydrogens is 298 g/mol. The Kier molecular flexibility index (Phi) is 3.29. The van der Waals surface area contributed by atoms with Crippen LogP contribution in [0.3, 0.4) is 0 Å². The van der Waals surface area contributed by atoms with Crippen molar-refractivity contribution in [1.29, 1.82) is 0 Å². The average molecular weight is 315 g/mol. The fourth-order valence-electron chi connectivity index (χ4n) is 2.92. The maximum absolute atomic E-state index is 12.3. The van der Waals surface area contributed by atoms with Gasteiger partial charge in [-0.25, -0.2) is 0 Å². The van der Waals surface area contributed by atoms with Gasteiger partial charge in [-0.15, -0.1) is 0 Å². The summed E-state index contributed by atoms with van der Waals surface area (Å²) in [6.45, 7) is 0.429. The third-order valence-electron chi connectivity index (χ3n) is 4.35. The van der Waals surface area contributed by atoms with Crippen LogP contribution < -0.4 is 5.32 Å². The Hall–Kier alpha value is -2.02. The molecule has 0 radical (unpaired) electrons. The van der Waals surface area contributed by atoms with Gasteiger partial charge in [0.05, 0.1) is 6.54 Å². The normalized spacial score (nSPS) is 23.3. The molecular formula is C15H17N5OS. The largest absolute Gasteiger partial charge is 0.349 e. The van der Waals surface area contributed by atoms with Gasteiger partial charge in [0.15, 0.2) is 10.6 Å². The third-order valence-corrected chi connectivity index (χ3v) is 4.64. The molecule has 0 aromatic carbocycles. The minimum Gasteiger partial charge on any atom is -0.349 e. The van der Waals surface area contributed by atoms with Crippen molar-refractivity contribution in [1.82, 2.24) is 25.1 Å². The topological polar surface area (TPSA) is 75.6 Å². The predicted molar refractivity (Wildman–Crippen MR) is 82.6 cm³/mol. The van der Waals surface area contributed by atoms with Gasteiger partial charge in [-0.1, -0.05) is 6.07 Å². The second-order valence-electron chi connectivity index (χ2n) is 6.00. The molecule has 2 unspecified atom stereocenters. The molecule has 2 fully saturated rings. The fraction of sp³-hybridized carbons (Fsp3) is 0.467. The number of hydrogen-bond donors (Lipinski definition) is 2. The van der Waals surface area contributed by atoms with Crippen molar-refractivity contribution in [2.45, 2.75) is 37.8 Å². The molecule has 2 heterocycles. The number of carbonyl (C=O) groups is 1. The van der Waals surface area contributed by atoms with Crippen molar-refractivity contribution in [2.75, 3.05) is 0 Å². The minimum absolute atomic E-state index is 0.0560. The van der Waals surface area contributed by atoms with Crippen LogP contribution in [0.5, 0.6) is 0 Å². The van der Waals surface area contributed by atoms with E-state index in [4.69, 9.17) is 12.2 Å². The van der Waals surface area contributed by atoms with Crippen LogP contribution in [0.1, 0.15) is 42.6 Å². The Balaban J connectivity index is 1.37. The van der Waals surface area contributed by atoms with E-state index in [1.807, 2.05) is 22.9 Å².